The molecule has 12 atom stereocenters. The molecule has 20 rings (SSSR count). The van der Waals surface area contributed by atoms with Crippen LogP contribution in [0, 0.1) is 76.8 Å². The molecule has 4 saturated heterocycles. The second kappa shape index (κ2) is 25.0. The summed E-state index contributed by atoms with van der Waals surface area (Å²) in [5, 5.41) is 22.3. The number of hydrogen-bond donors (Lipinski definition) is 2. The molecule has 98 heavy (non-hydrogen) atoms. The van der Waals surface area contributed by atoms with Crippen molar-refractivity contribution < 1.29 is 67.1 Å². The van der Waals surface area contributed by atoms with Gasteiger partial charge in [-0.2, -0.15) is 0 Å². The third-order valence-corrected chi connectivity index (χ3v) is 32.6. The summed E-state index contributed by atoms with van der Waals surface area (Å²) in [6.07, 6.45) is 35.9. The summed E-state index contributed by atoms with van der Waals surface area (Å²) >= 11 is 0. The summed E-state index contributed by atoms with van der Waals surface area (Å²) in [5.41, 5.74) is 0.309. The van der Waals surface area contributed by atoms with E-state index in [0.717, 1.165) is 221 Å². The molecular formula is C84H140O14. The van der Waals surface area contributed by atoms with E-state index >= 15 is 0 Å². The molecule has 0 aromatic heterocycles. The molecule has 4 heterocycles. The zero-order valence-electron chi connectivity index (χ0n) is 64.3. The molecule has 0 aromatic rings. The monoisotopic (exact) mass is 1370 g/mol. The summed E-state index contributed by atoms with van der Waals surface area (Å²) in [5.74, 6) is 1.33. The molecule has 20 fully saturated rings. The van der Waals surface area contributed by atoms with Crippen LogP contribution in [-0.4, -0.2) is 174 Å². The molecule has 12 unspecified atom stereocenters. The van der Waals surface area contributed by atoms with Crippen LogP contribution in [0.3, 0.4) is 0 Å². The van der Waals surface area contributed by atoms with E-state index in [-0.39, 0.29) is 101 Å². The van der Waals surface area contributed by atoms with Gasteiger partial charge in [-0.25, -0.2) is 0 Å². The molecule has 20 aliphatic rings. The molecule has 560 valence electrons. The van der Waals surface area contributed by atoms with Crippen molar-refractivity contribution >= 4 is 0 Å². The zero-order valence-corrected chi connectivity index (χ0v) is 64.3. The lowest BCUT2D eigenvalue weighted by Gasteiger charge is -2.69. The Hall–Kier alpha value is -0.560. The van der Waals surface area contributed by atoms with Gasteiger partial charge in [0.1, 0.15) is 0 Å². The van der Waals surface area contributed by atoms with Crippen LogP contribution in [0.15, 0.2) is 0 Å². The van der Waals surface area contributed by atoms with Crippen LogP contribution in [0.1, 0.15) is 289 Å². The topological polar surface area (TPSA) is 151 Å². The van der Waals surface area contributed by atoms with Crippen molar-refractivity contribution in [2.24, 2.45) is 76.8 Å². The Morgan fingerprint density at radius 3 is 0.745 bits per heavy atom. The minimum atomic E-state index is -0.427. The molecule has 0 spiro atoms. The quantitative estimate of drug-likeness (QED) is 0.0629. The second-order valence-corrected chi connectivity index (χ2v) is 42.3. The Bertz CT molecular complexity index is 2610. The van der Waals surface area contributed by atoms with Crippen molar-refractivity contribution in [3.63, 3.8) is 0 Å². The van der Waals surface area contributed by atoms with Gasteiger partial charge in [-0.3, -0.25) is 0 Å². The highest BCUT2D eigenvalue weighted by molar-refractivity contribution is 5.22. The summed E-state index contributed by atoms with van der Waals surface area (Å²) in [4.78, 5) is 0. The molecule has 16 saturated carbocycles. The Morgan fingerprint density at radius 2 is 0.520 bits per heavy atom. The van der Waals surface area contributed by atoms with E-state index in [9.17, 15) is 10.2 Å². The minimum absolute atomic E-state index is 0.0816. The molecule has 0 amide bonds. The predicted octanol–water partition coefficient (Wildman–Crippen LogP) is 16.1. The van der Waals surface area contributed by atoms with Crippen LogP contribution >= 0.6 is 0 Å². The second-order valence-electron chi connectivity index (χ2n) is 42.3. The van der Waals surface area contributed by atoms with Gasteiger partial charge in [-0.05, 0) is 211 Å². The van der Waals surface area contributed by atoms with Crippen molar-refractivity contribution in [3.8, 4) is 0 Å². The fourth-order valence-electron chi connectivity index (χ4n) is 28.4. The lowest BCUT2D eigenvalue weighted by Crippen LogP contribution is -2.68. The van der Waals surface area contributed by atoms with E-state index in [1.807, 2.05) is 0 Å². The van der Waals surface area contributed by atoms with E-state index in [4.69, 9.17) is 56.8 Å². The molecular weight excluding hydrogens is 1230 g/mol. The van der Waals surface area contributed by atoms with Gasteiger partial charge in [0, 0.05) is 58.2 Å². The van der Waals surface area contributed by atoms with E-state index in [1.54, 1.807) is 0 Å². The fraction of sp³-hybridized carbons (Fsp3) is 1.00. The average molecular weight is 1370 g/mol. The molecule has 4 aliphatic heterocycles. The summed E-state index contributed by atoms with van der Waals surface area (Å²) in [7, 11) is 0. The van der Waals surface area contributed by atoms with Gasteiger partial charge in [-0.1, -0.05) is 95.9 Å². The largest absolute Gasteiger partial charge is 0.396 e. The number of ether oxygens (including phenoxy) is 12. The first-order valence-corrected chi connectivity index (χ1v) is 41.0. The van der Waals surface area contributed by atoms with Crippen molar-refractivity contribution in [1.82, 2.24) is 0 Å². The smallest absolute Gasteiger partial charge is 0.0720 e. The van der Waals surface area contributed by atoms with Crippen LogP contribution in [0.4, 0.5) is 0 Å². The van der Waals surface area contributed by atoms with Crippen LogP contribution < -0.4 is 0 Å². The maximum Gasteiger partial charge on any atom is 0.0720 e. The third-order valence-electron chi connectivity index (χ3n) is 32.6. The van der Waals surface area contributed by atoms with Crippen molar-refractivity contribution in [3.05, 3.63) is 0 Å². The molecule has 16 bridgehead atoms. The minimum Gasteiger partial charge on any atom is -0.396 e. The van der Waals surface area contributed by atoms with Gasteiger partial charge in [0.05, 0.1) is 164 Å². The number of rotatable bonds is 34. The van der Waals surface area contributed by atoms with Gasteiger partial charge in [0.2, 0.25) is 0 Å². The molecule has 0 aromatic carbocycles. The fourth-order valence-corrected chi connectivity index (χ4v) is 28.4. The van der Waals surface area contributed by atoms with E-state index in [0.29, 0.717) is 49.1 Å². The van der Waals surface area contributed by atoms with Gasteiger partial charge in [-0.15, -0.1) is 0 Å². The van der Waals surface area contributed by atoms with Crippen molar-refractivity contribution in [1.29, 1.82) is 0 Å². The third kappa shape index (κ3) is 13.0. The highest BCUT2D eigenvalue weighted by Crippen LogP contribution is 2.73. The van der Waals surface area contributed by atoms with Crippen molar-refractivity contribution in [2.75, 3.05) is 119 Å². The average Bonchev–Trinajstić information content (AvgIpc) is 0.811. The zero-order chi connectivity index (χ0) is 69.0. The maximum absolute atomic E-state index is 11.1. The molecule has 16 aliphatic carbocycles. The van der Waals surface area contributed by atoms with E-state index in [1.165, 1.54) is 64.2 Å². The van der Waals surface area contributed by atoms with Crippen LogP contribution in [0.25, 0.3) is 0 Å². The van der Waals surface area contributed by atoms with Crippen LogP contribution in [0.2, 0.25) is 0 Å². The SMILES string of the molecule is CCC1(COC23CC4(C)CC(C)(C2)CC(OCC(CC)(CO)COC25CC6(C)CC(C)(CC(OCC7(CC)COC7)(C6)C2)C5)(C4)C3)COC1.CCC1(COC23CC4CC(CC)(C2)CC(OCC(CC)(CO)COC25CC6CC(CC)(CC(OCC7(CC)COC7)(C6)C2)C5)(C4)C3)COC1. The van der Waals surface area contributed by atoms with E-state index in [2.05, 4.69) is 83.1 Å². The molecule has 2 N–H and O–H groups in total. The number of hydrogen-bond acceptors (Lipinski definition) is 14. The Morgan fingerprint density at radius 1 is 0.286 bits per heavy atom. The summed E-state index contributed by atoms with van der Waals surface area (Å²) in [6, 6.07) is 0. The van der Waals surface area contributed by atoms with Gasteiger partial charge in [0.25, 0.3) is 0 Å². The molecule has 14 nitrogen and oxygen atoms in total. The lowest BCUT2D eigenvalue weighted by atomic mass is 9.42. The first-order valence-electron chi connectivity index (χ1n) is 41.0. The Kier molecular flexibility index (Phi) is 18.6. The summed E-state index contributed by atoms with van der Waals surface area (Å²) < 4.78 is 80.2. The predicted molar refractivity (Wildman–Crippen MR) is 379 cm³/mol. The standard InChI is InChI=1S/2C42H70O7/c1-8-36(23-43,28-46-39-13-32(4)11-33(5,14-39)18-41(17-32,21-39)48-30-37(9-2)24-44-25-37)29-47-40-15-34(6)12-35(7,16-40)20-42(19-34,22-40)49-31-38(10-3)26-45-27-38;1-6-34-11-32-13-39(17-34,21-41(15-32,19-34)48-30-37(9-4)24-44-25-37)46-28-36(8-3,23-43)29-47-40-14-33-12-35(7-2,18-40)20-42(16-33,22-40)49-31-38(10-5)26-45-27-38/h43H,8-31H2,1-7H3;32-33,43H,6-31H2,1-5H3. The molecule has 0 radical (unpaired) electrons. The molecule has 14 heteroatoms. The first kappa shape index (κ1) is 73.0. The summed E-state index contributed by atoms with van der Waals surface area (Å²) in [6.45, 7) is 40.6. The van der Waals surface area contributed by atoms with E-state index < -0.39 is 10.8 Å². The van der Waals surface area contributed by atoms with Gasteiger partial charge >= 0.3 is 0 Å². The Labute approximate surface area is 593 Å². The normalized spacial score (nSPS) is 47.9. The highest BCUT2D eigenvalue weighted by atomic mass is 16.6. The van der Waals surface area contributed by atoms with Gasteiger partial charge < -0.3 is 67.1 Å². The van der Waals surface area contributed by atoms with Crippen molar-refractivity contribution in [2.45, 2.75) is 333 Å². The first-order chi connectivity index (χ1) is 46.4. The maximum atomic E-state index is 11.1. The highest BCUT2D eigenvalue weighted by Gasteiger charge is 2.71. The van der Waals surface area contributed by atoms with Crippen LogP contribution in [-0.2, 0) is 56.8 Å². The Balaban J connectivity index is 0.000000160. The van der Waals surface area contributed by atoms with Crippen LogP contribution in [0.5, 0.6) is 0 Å². The lowest BCUT2D eigenvalue weighted by molar-refractivity contribution is -0.308. The number of aliphatic hydroxyl groups excluding tert-OH is 2. The van der Waals surface area contributed by atoms with Gasteiger partial charge in [0.15, 0.2) is 0 Å². The number of aliphatic hydroxyl groups is 2.